The quantitative estimate of drug-likeness (QED) is 0.470. The minimum Gasteiger partial charge on any atom is -0.497 e. The van der Waals surface area contributed by atoms with Gasteiger partial charge in [0, 0.05) is 0 Å². The molecule has 0 atom stereocenters. The molecule has 0 bridgehead atoms. The zero-order valence-electron chi connectivity index (χ0n) is 10.4. The molecule has 0 saturated carbocycles. The number of methoxy groups -OCH3 is 1. The van der Waals surface area contributed by atoms with Crippen molar-refractivity contribution in [1.29, 1.82) is 0 Å². The van der Waals surface area contributed by atoms with Crippen molar-refractivity contribution >= 4 is 21.8 Å². The third-order valence-electron chi connectivity index (χ3n) is 2.15. The van der Waals surface area contributed by atoms with Crippen molar-refractivity contribution in [2.45, 2.75) is 6.92 Å². The van der Waals surface area contributed by atoms with E-state index in [0.717, 1.165) is 0 Å². The fourth-order valence-corrected chi connectivity index (χ4v) is 1.87. The van der Waals surface area contributed by atoms with Crippen LogP contribution in [-0.4, -0.2) is 28.1 Å². The minimum atomic E-state index is -4.94. The van der Waals surface area contributed by atoms with E-state index in [1.165, 1.54) is 31.4 Å². The van der Waals surface area contributed by atoms with Gasteiger partial charge in [-0.25, -0.2) is 4.79 Å². The van der Waals surface area contributed by atoms with Gasteiger partial charge in [0.05, 0.1) is 24.7 Å². The van der Waals surface area contributed by atoms with E-state index in [-0.39, 0.29) is 23.2 Å². The lowest BCUT2D eigenvalue weighted by Crippen LogP contribution is -2.08. The largest absolute Gasteiger partial charge is 0.497 e. The molecule has 7 heteroatoms. The van der Waals surface area contributed by atoms with Gasteiger partial charge in [0.15, 0.2) is 0 Å². The van der Waals surface area contributed by atoms with E-state index in [4.69, 9.17) is 9.47 Å². The first kappa shape index (κ1) is 15.2. The standard InChI is InChI=1S/C12H13FO5S/c1-3-18-12(14)11(8-19(13,15)16)9-4-6-10(17-2)7-5-9/h4-8H,3H2,1-2H3. The van der Waals surface area contributed by atoms with Crippen molar-refractivity contribution in [3.05, 3.63) is 35.2 Å². The molecule has 0 N–H and O–H groups in total. The number of esters is 1. The SMILES string of the molecule is CCOC(=O)C(=CS(=O)(=O)F)c1ccc(OC)cc1. The van der Waals surface area contributed by atoms with Crippen LogP contribution < -0.4 is 4.74 Å². The number of hydrogen-bond acceptors (Lipinski definition) is 5. The number of benzene rings is 1. The maximum absolute atomic E-state index is 12.7. The third-order valence-corrected chi connectivity index (χ3v) is 2.67. The molecule has 0 aliphatic heterocycles. The summed E-state index contributed by atoms with van der Waals surface area (Å²) >= 11 is 0. The van der Waals surface area contributed by atoms with Gasteiger partial charge in [0.2, 0.25) is 0 Å². The molecule has 0 aliphatic rings. The van der Waals surface area contributed by atoms with Gasteiger partial charge in [-0.3, -0.25) is 0 Å². The number of carbonyl (C=O) groups is 1. The molecular formula is C12H13FO5S. The number of carbonyl (C=O) groups excluding carboxylic acids is 1. The Hall–Kier alpha value is -1.89. The average molecular weight is 288 g/mol. The molecule has 19 heavy (non-hydrogen) atoms. The monoisotopic (exact) mass is 288 g/mol. The molecule has 0 aliphatic carbocycles. The molecule has 1 aromatic rings. The van der Waals surface area contributed by atoms with Gasteiger partial charge in [0.1, 0.15) is 5.75 Å². The van der Waals surface area contributed by atoms with Crippen LogP contribution in [0.15, 0.2) is 29.7 Å². The first-order valence-electron chi connectivity index (χ1n) is 5.35. The van der Waals surface area contributed by atoms with E-state index in [9.17, 15) is 17.1 Å². The maximum Gasteiger partial charge on any atom is 0.339 e. The van der Waals surface area contributed by atoms with Gasteiger partial charge in [0.25, 0.3) is 0 Å². The van der Waals surface area contributed by atoms with Crippen LogP contribution in [0.2, 0.25) is 0 Å². The van der Waals surface area contributed by atoms with E-state index in [2.05, 4.69) is 0 Å². The molecule has 5 nitrogen and oxygen atoms in total. The summed E-state index contributed by atoms with van der Waals surface area (Å²) < 4.78 is 43.7. The highest BCUT2D eigenvalue weighted by molar-refractivity contribution is 7.89. The topological polar surface area (TPSA) is 69.7 Å². The Bertz CT molecular complexity index is 575. The highest BCUT2D eigenvalue weighted by Crippen LogP contribution is 2.21. The summed E-state index contributed by atoms with van der Waals surface area (Å²) in [6, 6.07) is 5.92. The van der Waals surface area contributed by atoms with Crippen LogP contribution in [0.3, 0.4) is 0 Å². The van der Waals surface area contributed by atoms with Crippen molar-refractivity contribution in [3.8, 4) is 5.75 Å². The zero-order valence-corrected chi connectivity index (χ0v) is 11.2. The lowest BCUT2D eigenvalue weighted by atomic mass is 10.1. The number of ether oxygens (including phenoxy) is 2. The molecule has 0 amide bonds. The molecule has 0 aromatic heterocycles. The Balaban J connectivity index is 3.23. The van der Waals surface area contributed by atoms with E-state index >= 15 is 0 Å². The molecule has 1 rings (SSSR count). The average Bonchev–Trinajstić information content (AvgIpc) is 2.35. The fourth-order valence-electron chi connectivity index (χ4n) is 1.35. The van der Waals surface area contributed by atoms with Gasteiger partial charge >= 0.3 is 16.2 Å². The molecule has 0 heterocycles. The summed E-state index contributed by atoms with van der Waals surface area (Å²) in [5.41, 5.74) is -0.146. The zero-order chi connectivity index (χ0) is 14.5. The van der Waals surface area contributed by atoms with Crippen LogP contribution >= 0.6 is 0 Å². The van der Waals surface area contributed by atoms with Crippen molar-refractivity contribution < 1.29 is 26.6 Å². The Morgan fingerprint density at radius 2 is 1.89 bits per heavy atom. The van der Waals surface area contributed by atoms with Gasteiger partial charge in [-0.05, 0) is 24.6 Å². The number of halogens is 1. The molecule has 1 aromatic carbocycles. The molecule has 0 fully saturated rings. The van der Waals surface area contributed by atoms with Crippen LogP contribution in [0, 0.1) is 0 Å². The van der Waals surface area contributed by atoms with Crippen LogP contribution in [0.1, 0.15) is 12.5 Å². The number of hydrogen-bond donors (Lipinski definition) is 0. The highest BCUT2D eigenvalue weighted by Gasteiger charge is 2.17. The smallest absolute Gasteiger partial charge is 0.339 e. The summed E-state index contributed by atoms with van der Waals surface area (Å²) in [5.74, 6) is -0.385. The van der Waals surface area contributed by atoms with Crippen molar-refractivity contribution in [1.82, 2.24) is 0 Å². The molecule has 0 spiro atoms. The summed E-state index contributed by atoms with van der Waals surface area (Å²) in [6.45, 7) is 1.62. The minimum absolute atomic E-state index is 0.0542. The van der Waals surface area contributed by atoms with Crippen LogP contribution in [0.5, 0.6) is 5.75 Å². The first-order chi connectivity index (χ1) is 8.87. The molecule has 104 valence electrons. The maximum atomic E-state index is 12.7. The fraction of sp³-hybridized carbons (Fsp3) is 0.250. The van der Waals surface area contributed by atoms with Crippen molar-refractivity contribution in [2.24, 2.45) is 0 Å². The Morgan fingerprint density at radius 3 is 2.32 bits per heavy atom. The van der Waals surface area contributed by atoms with Gasteiger partial charge in [-0.2, -0.15) is 8.42 Å². The predicted octanol–water partition coefficient (Wildman–Crippen LogP) is 1.90. The summed E-state index contributed by atoms with van der Waals surface area (Å²) in [5, 5.41) is 0.243. The summed E-state index contributed by atoms with van der Waals surface area (Å²) in [7, 11) is -3.48. The normalized spacial score (nSPS) is 12.1. The molecule has 0 saturated heterocycles. The second-order valence-corrected chi connectivity index (χ2v) is 4.64. The summed E-state index contributed by atoms with van der Waals surface area (Å²) in [4.78, 5) is 11.6. The van der Waals surface area contributed by atoms with Crippen molar-refractivity contribution in [3.63, 3.8) is 0 Å². The van der Waals surface area contributed by atoms with E-state index in [1.54, 1.807) is 6.92 Å². The van der Waals surface area contributed by atoms with Crippen LogP contribution in [0.25, 0.3) is 5.57 Å². The van der Waals surface area contributed by atoms with Gasteiger partial charge < -0.3 is 9.47 Å². The second kappa shape index (κ2) is 6.33. The molecular weight excluding hydrogens is 275 g/mol. The van der Waals surface area contributed by atoms with Crippen molar-refractivity contribution in [2.75, 3.05) is 13.7 Å². The van der Waals surface area contributed by atoms with E-state index in [1.807, 2.05) is 0 Å². The lowest BCUT2D eigenvalue weighted by molar-refractivity contribution is -0.136. The third kappa shape index (κ3) is 4.70. The van der Waals surface area contributed by atoms with Gasteiger partial charge in [-0.1, -0.05) is 12.1 Å². The second-order valence-electron chi connectivity index (χ2n) is 3.46. The van der Waals surface area contributed by atoms with Gasteiger partial charge in [-0.15, -0.1) is 3.89 Å². The first-order valence-corrected chi connectivity index (χ1v) is 6.80. The Morgan fingerprint density at radius 1 is 1.32 bits per heavy atom. The highest BCUT2D eigenvalue weighted by atomic mass is 32.3. The van der Waals surface area contributed by atoms with E-state index < -0.39 is 16.2 Å². The lowest BCUT2D eigenvalue weighted by Gasteiger charge is -2.07. The summed E-state index contributed by atoms with van der Waals surface area (Å²) in [6.07, 6.45) is 0. The number of rotatable bonds is 5. The Labute approximate surface area is 110 Å². The van der Waals surface area contributed by atoms with Crippen LogP contribution in [0.4, 0.5) is 3.89 Å². The Kier molecular flexibility index (Phi) is 5.05. The van der Waals surface area contributed by atoms with Crippen LogP contribution in [-0.2, 0) is 19.8 Å². The molecule has 0 radical (unpaired) electrons. The molecule has 0 unspecified atom stereocenters. The predicted molar refractivity (Wildman–Crippen MR) is 67.6 cm³/mol. The van der Waals surface area contributed by atoms with E-state index in [0.29, 0.717) is 5.75 Å².